The van der Waals surface area contributed by atoms with Crippen molar-refractivity contribution in [2.75, 3.05) is 5.32 Å². The van der Waals surface area contributed by atoms with E-state index in [0.29, 0.717) is 5.69 Å². The Balaban J connectivity index is 1.72. The Morgan fingerprint density at radius 2 is 1.88 bits per heavy atom. The number of rotatable bonds is 3. The molecule has 1 amide bonds. The van der Waals surface area contributed by atoms with Crippen molar-refractivity contribution in [1.82, 2.24) is 19.6 Å². The van der Waals surface area contributed by atoms with E-state index in [4.69, 9.17) is 0 Å². The Hall–Kier alpha value is -2.96. The van der Waals surface area contributed by atoms with Gasteiger partial charge in [0, 0.05) is 18.3 Å². The molecule has 2 aromatic heterocycles. The van der Waals surface area contributed by atoms with Crippen LogP contribution in [-0.2, 0) is 19.9 Å². The van der Waals surface area contributed by atoms with Gasteiger partial charge in [-0.1, -0.05) is 0 Å². The first-order valence-corrected chi connectivity index (χ1v) is 8.64. The van der Waals surface area contributed by atoms with Gasteiger partial charge in [0.15, 0.2) is 5.69 Å². The summed E-state index contributed by atoms with van der Waals surface area (Å²) in [6, 6.07) is 6.16. The van der Waals surface area contributed by atoms with Gasteiger partial charge in [-0.05, 0) is 57.4 Å². The van der Waals surface area contributed by atoms with E-state index < -0.39 is 0 Å². The number of anilines is 1. The molecule has 134 valence electrons. The normalized spacial score (nSPS) is 13.1. The Kier molecular flexibility index (Phi) is 3.86. The molecule has 26 heavy (non-hydrogen) atoms. The van der Waals surface area contributed by atoms with Crippen LogP contribution in [0.15, 0.2) is 24.3 Å². The second-order valence-electron chi connectivity index (χ2n) is 6.64. The number of amides is 1. The third-order valence-corrected chi connectivity index (χ3v) is 4.96. The molecule has 0 aliphatic heterocycles. The summed E-state index contributed by atoms with van der Waals surface area (Å²) in [4.78, 5) is 12.9. The van der Waals surface area contributed by atoms with Crippen LogP contribution < -0.4 is 5.32 Å². The molecule has 1 N–H and O–H groups in total. The summed E-state index contributed by atoms with van der Waals surface area (Å²) < 4.78 is 16.7. The molecule has 1 aromatic carbocycles. The van der Waals surface area contributed by atoms with Crippen LogP contribution >= 0.6 is 0 Å². The van der Waals surface area contributed by atoms with Crippen LogP contribution in [0.1, 0.15) is 39.6 Å². The highest BCUT2D eigenvalue weighted by molar-refractivity contribution is 6.04. The summed E-state index contributed by atoms with van der Waals surface area (Å²) in [6.07, 6.45) is 2.67. The van der Waals surface area contributed by atoms with Crippen molar-refractivity contribution in [1.29, 1.82) is 0 Å². The molecule has 0 spiro atoms. The summed E-state index contributed by atoms with van der Waals surface area (Å²) in [5.74, 6) is -0.527. The molecule has 0 atom stereocenters. The summed E-state index contributed by atoms with van der Waals surface area (Å²) in [7, 11) is 1.85. The number of benzene rings is 1. The largest absolute Gasteiger partial charge is 0.317 e. The van der Waals surface area contributed by atoms with Gasteiger partial charge in [0.1, 0.15) is 5.82 Å². The maximum atomic E-state index is 13.2. The van der Waals surface area contributed by atoms with Crippen molar-refractivity contribution in [2.24, 2.45) is 7.05 Å². The van der Waals surface area contributed by atoms with Crippen molar-refractivity contribution in [3.05, 3.63) is 58.4 Å². The maximum absolute atomic E-state index is 13.2. The van der Waals surface area contributed by atoms with Gasteiger partial charge in [-0.2, -0.15) is 10.2 Å². The van der Waals surface area contributed by atoms with Gasteiger partial charge in [0.05, 0.1) is 22.8 Å². The molecule has 1 aliphatic rings. The van der Waals surface area contributed by atoms with Crippen molar-refractivity contribution in [3.8, 4) is 5.69 Å². The first-order valence-electron chi connectivity index (χ1n) is 8.64. The summed E-state index contributed by atoms with van der Waals surface area (Å²) in [5, 5.41) is 11.8. The average molecular weight is 353 g/mol. The second-order valence-corrected chi connectivity index (χ2v) is 6.64. The van der Waals surface area contributed by atoms with Crippen LogP contribution in [0, 0.1) is 19.7 Å². The van der Waals surface area contributed by atoms with Gasteiger partial charge in [-0.25, -0.2) is 9.07 Å². The first kappa shape index (κ1) is 16.5. The molecule has 0 unspecified atom stereocenters. The lowest BCUT2D eigenvalue weighted by molar-refractivity contribution is 0.102. The number of hydrogen-bond acceptors (Lipinski definition) is 3. The number of fused-ring (bicyclic) bond motifs is 1. The lowest BCUT2D eigenvalue weighted by atomic mass is 10.2. The third kappa shape index (κ3) is 2.60. The zero-order valence-corrected chi connectivity index (χ0v) is 15.0. The highest BCUT2D eigenvalue weighted by atomic mass is 19.1. The van der Waals surface area contributed by atoms with Gasteiger partial charge in [0.2, 0.25) is 0 Å². The van der Waals surface area contributed by atoms with Crippen molar-refractivity contribution < 1.29 is 9.18 Å². The zero-order chi connectivity index (χ0) is 18.4. The topological polar surface area (TPSA) is 64.7 Å². The molecule has 2 heterocycles. The fourth-order valence-electron chi connectivity index (χ4n) is 3.54. The molecule has 0 radical (unpaired) electrons. The smallest absolute Gasteiger partial charge is 0.276 e. The van der Waals surface area contributed by atoms with E-state index in [-0.39, 0.29) is 11.7 Å². The van der Waals surface area contributed by atoms with Gasteiger partial charge < -0.3 is 5.32 Å². The first-order chi connectivity index (χ1) is 12.5. The molecular weight excluding hydrogens is 333 g/mol. The summed E-state index contributed by atoms with van der Waals surface area (Å²) in [6.45, 7) is 3.78. The molecule has 0 saturated carbocycles. The fraction of sp³-hybridized carbons (Fsp3) is 0.316. The van der Waals surface area contributed by atoms with Crippen LogP contribution in [0.5, 0.6) is 0 Å². The quantitative estimate of drug-likeness (QED) is 0.787. The second kappa shape index (κ2) is 6.09. The summed E-state index contributed by atoms with van der Waals surface area (Å²) in [5.41, 5.74) is 5.59. The molecule has 6 nitrogen and oxygen atoms in total. The van der Waals surface area contributed by atoms with E-state index in [1.54, 1.807) is 21.5 Å². The number of aromatic nitrogens is 4. The number of nitrogens with zero attached hydrogens (tertiary/aromatic N) is 4. The minimum atomic E-state index is -0.293. The molecule has 3 aromatic rings. The van der Waals surface area contributed by atoms with Gasteiger partial charge >= 0.3 is 0 Å². The zero-order valence-electron chi connectivity index (χ0n) is 15.0. The summed E-state index contributed by atoms with van der Waals surface area (Å²) >= 11 is 0. The Morgan fingerprint density at radius 3 is 2.54 bits per heavy atom. The molecule has 0 bridgehead atoms. The highest BCUT2D eigenvalue weighted by Crippen LogP contribution is 2.29. The fourth-order valence-corrected chi connectivity index (χ4v) is 3.54. The van der Waals surface area contributed by atoms with Gasteiger partial charge in [-0.15, -0.1) is 0 Å². The van der Waals surface area contributed by atoms with E-state index in [0.717, 1.165) is 53.3 Å². The average Bonchev–Trinajstić information content (AvgIpc) is 3.27. The van der Waals surface area contributed by atoms with Crippen LogP contribution in [0.25, 0.3) is 5.69 Å². The molecule has 0 fully saturated rings. The number of carbonyl (C=O) groups excluding carboxylic acids is 1. The van der Waals surface area contributed by atoms with Crippen molar-refractivity contribution in [3.63, 3.8) is 0 Å². The van der Waals surface area contributed by atoms with E-state index in [9.17, 15) is 9.18 Å². The molecular formula is C19H20FN5O. The van der Waals surface area contributed by atoms with Crippen molar-refractivity contribution >= 4 is 11.6 Å². The van der Waals surface area contributed by atoms with E-state index in [1.807, 2.05) is 20.9 Å². The third-order valence-electron chi connectivity index (χ3n) is 4.96. The standard InChI is InChI=1S/C19H20FN5O/c1-11-17(12(2)24(3)22-11)21-19(26)18-15-5-4-6-16(15)25(23-18)14-9-7-13(20)8-10-14/h7-10H,4-6H2,1-3H3,(H,21,26). The predicted molar refractivity (Wildman–Crippen MR) is 96.2 cm³/mol. The molecule has 4 rings (SSSR count). The Morgan fingerprint density at radius 1 is 1.15 bits per heavy atom. The van der Waals surface area contributed by atoms with Crippen LogP contribution in [0.3, 0.4) is 0 Å². The monoisotopic (exact) mass is 353 g/mol. The van der Waals surface area contributed by atoms with Crippen molar-refractivity contribution in [2.45, 2.75) is 33.1 Å². The lowest BCUT2D eigenvalue weighted by Crippen LogP contribution is -2.16. The Bertz CT molecular complexity index is 1000. The molecule has 1 aliphatic carbocycles. The Labute approximate surface area is 150 Å². The van der Waals surface area contributed by atoms with E-state index in [1.165, 1.54) is 12.1 Å². The van der Waals surface area contributed by atoms with Gasteiger partial charge in [0.25, 0.3) is 5.91 Å². The predicted octanol–water partition coefficient (Wildman–Crippen LogP) is 3.10. The van der Waals surface area contributed by atoms with Crippen LogP contribution in [-0.4, -0.2) is 25.5 Å². The van der Waals surface area contributed by atoms with Crippen LogP contribution in [0.2, 0.25) is 0 Å². The van der Waals surface area contributed by atoms with E-state index >= 15 is 0 Å². The minimum Gasteiger partial charge on any atom is -0.317 e. The minimum absolute atomic E-state index is 0.233. The maximum Gasteiger partial charge on any atom is 0.276 e. The van der Waals surface area contributed by atoms with Gasteiger partial charge in [-0.3, -0.25) is 9.48 Å². The highest BCUT2D eigenvalue weighted by Gasteiger charge is 2.27. The number of halogens is 1. The molecule has 7 heteroatoms. The van der Waals surface area contributed by atoms with Crippen LogP contribution in [0.4, 0.5) is 10.1 Å². The lowest BCUT2D eigenvalue weighted by Gasteiger charge is -2.06. The SMILES string of the molecule is Cc1nn(C)c(C)c1NC(=O)c1nn(-c2ccc(F)cc2)c2c1CCC2. The number of carbonyl (C=O) groups is 1. The van der Waals surface area contributed by atoms with E-state index in [2.05, 4.69) is 15.5 Å². The number of aryl methyl sites for hydroxylation is 2. The molecule has 0 saturated heterocycles. The number of hydrogen-bond donors (Lipinski definition) is 1. The number of nitrogens with one attached hydrogen (secondary N) is 1.